The molecule has 0 N–H and O–H groups in total. The monoisotopic (exact) mass is 314 g/mol. The highest BCUT2D eigenvalue weighted by Crippen LogP contribution is 2.21. The molecule has 118 valence electrons. The summed E-state index contributed by atoms with van der Waals surface area (Å²) in [6.45, 7) is 2.39. The van der Waals surface area contributed by atoms with Gasteiger partial charge in [0.25, 0.3) is 0 Å². The number of anilines is 1. The number of hydrogen-bond acceptors (Lipinski definition) is 4. The molecule has 0 aromatic heterocycles. The lowest BCUT2D eigenvalue weighted by Crippen LogP contribution is -2.39. The summed E-state index contributed by atoms with van der Waals surface area (Å²) < 4.78 is 30.3. The highest BCUT2D eigenvalue weighted by atomic mass is 32.2. The van der Waals surface area contributed by atoms with Crippen molar-refractivity contribution >= 4 is 21.6 Å². The van der Waals surface area contributed by atoms with E-state index in [1.54, 1.807) is 38.4 Å². The van der Waals surface area contributed by atoms with Crippen LogP contribution < -0.4 is 9.04 Å². The molecular weight excluding hydrogens is 292 g/mol. The predicted molar refractivity (Wildman–Crippen MR) is 83.1 cm³/mol. The zero-order chi connectivity index (χ0) is 16.0. The summed E-state index contributed by atoms with van der Waals surface area (Å²) in [4.78, 5) is 13.1. The Morgan fingerprint density at radius 2 is 1.76 bits per heavy atom. The Kier molecular flexibility index (Phi) is 6.02. The van der Waals surface area contributed by atoms with Crippen molar-refractivity contribution < 1.29 is 17.9 Å². The largest absolute Gasteiger partial charge is 0.494 e. The van der Waals surface area contributed by atoms with Crippen molar-refractivity contribution in [3.05, 3.63) is 24.3 Å². The lowest BCUT2D eigenvalue weighted by Gasteiger charge is -2.23. The van der Waals surface area contributed by atoms with E-state index in [-0.39, 0.29) is 12.5 Å². The highest BCUT2D eigenvalue weighted by Gasteiger charge is 2.21. The summed E-state index contributed by atoms with van der Waals surface area (Å²) in [5.74, 6) is 0.389. The molecule has 0 unspecified atom stereocenters. The molecule has 0 fully saturated rings. The van der Waals surface area contributed by atoms with Crippen LogP contribution >= 0.6 is 0 Å². The van der Waals surface area contributed by atoms with Crippen LogP contribution in [0.2, 0.25) is 0 Å². The van der Waals surface area contributed by atoms with E-state index >= 15 is 0 Å². The summed E-state index contributed by atoms with van der Waals surface area (Å²) in [7, 11) is -0.356. The third-order valence-electron chi connectivity index (χ3n) is 2.78. The van der Waals surface area contributed by atoms with Crippen LogP contribution in [0.3, 0.4) is 0 Å². The van der Waals surface area contributed by atoms with Gasteiger partial charge in [0.2, 0.25) is 15.9 Å². The van der Waals surface area contributed by atoms with Gasteiger partial charge in [-0.25, -0.2) is 8.42 Å². The molecule has 7 heteroatoms. The van der Waals surface area contributed by atoms with Crippen LogP contribution in [-0.2, 0) is 14.8 Å². The van der Waals surface area contributed by atoms with Gasteiger partial charge in [-0.3, -0.25) is 9.10 Å². The van der Waals surface area contributed by atoms with Crippen LogP contribution in [0.15, 0.2) is 24.3 Å². The maximum Gasteiger partial charge on any atom is 0.242 e. The molecule has 0 spiro atoms. The van der Waals surface area contributed by atoms with Gasteiger partial charge in [-0.2, -0.15) is 0 Å². The fourth-order valence-corrected chi connectivity index (χ4v) is 2.44. The van der Waals surface area contributed by atoms with Crippen molar-refractivity contribution in [1.29, 1.82) is 0 Å². The molecule has 1 aromatic rings. The minimum atomic E-state index is -3.53. The predicted octanol–water partition coefficient (Wildman–Crippen LogP) is 1.33. The molecule has 1 aromatic carbocycles. The van der Waals surface area contributed by atoms with E-state index in [0.29, 0.717) is 18.0 Å². The molecule has 1 amide bonds. The molecule has 21 heavy (non-hydrogen) atoms. The van der Waals surface area contributed by atoms with E-state index in [4.69, 9.17) is 4.74 Å². The minimum Gasteiger partial charge on any atom is -0.494 e. The number of ether oxygens (including phenoxy) is 1. The average molecular weight is 314 g/mol. The van der Waals surface area contributed by atoms with Crippen LogP contribution in [0.4, 0.5) is 5.69 Å². The van der Waals surface area contributed by atoms with Gasteiger partial charge in [-0.05, 0) is 30.7 Å². The molecular formula is C14H22N2O4S. The van der Waals surface area contributed by atoms with Crippen molar-refractivity contribution in [3.8, 4) is 5.75 Å². The Hall–Kier alpha value is -1.76. The van der Waals surface area contributed by atoms with Gasteiger partial charge in [0.15, 0.2) is 0 Å². The van der Waals surface area contributed by atoms with Gasteiger partial charge in [0, 0.05) is 14.1 Å². The van der Waals surface area contributed by atoms with E-state index in [9.17, 15) is 13.2 Å². The second-order valence-corrected chi connectivity index (χ2v) is 6.81. The van der Waals surface area contributed by atoms with Gasteiger partial charge >= 0.3 is 0 Å². The van der Waals surface area contributed by atoms with Crippen LogP contribution in [-0.4, -0.2) is 52.7 Å². The second-order valence-electron chi connectivity index (χ2n) is 4.90. The van der Waals surface area contributed by atoms with E-state index in [1.807, 2.05) is 6.92 Å². The van der Waals surface area contributed by atoms with Gasteiger partial charge in [-0.1, -0.05) is 6.92 Å². The zero-order valence-corrected chi connectivity index (χ0v) is 13.7. The van der Waals surface area contributed by atoms with E-state index < -0.39 is 10.0 Å². The molecule has 0 aliphatic carbocycles. The molecule has 0 saturated heterocycles. The Morgan fingerprint density at radius 1 is 1.19 bits per heavy atom. The van der Waals surface area contributed by atoms with Gasteiger partial charge < -0.3 is 9.64 Å². The second kappa shape index (κ2) is 7.31. The lowest BCUT2D eigenvalue weighted by molar-refractivity contribution is -0.127. The van der Waals surface area contributed by atoms with Gasteiger partial charge in [-0.15, -0.1) is 0 Å². The quantitative estimate of drug-likeness (QED) is 0.761. The number of carbonyl (C=O) groups is 1. The average Bonchev–Trinajstić information content (AvgIpc) is 2.41. The standard InChI is InChI=1S/C14H22N2O4S/c1-5-10-20-13-8-6-12(7-9-13)16(21(4,18)19)11-14(17)15(2)3/h6-9H,5,10-11H2,1-4H3. The van der Waals surface area contributed by atoms with E-state index in [0.717, 1.165) is 17.0 Å². The van der Waals surface area contributed by atoms with Crippen molar-refractivity contribution in [2.24, 2.45) is 0 Å². The molecule has 0 saturated carbocycles. The first-order chi connectivity index (χ1) is 9.75. The molecule has 0 heterocycles. The first kappa shape index (κ1) is 17.3. The summed E-state index contributed by atoms with van der Waals surface area (Å²) in [6, 6.07) is 6.66. The highest BCUT2D eigenvalue weighted by molar-refractivity contribution is 7.92. The van der Waals surface area contributed by atoms with E-state index in [1.165, 1.54) is 4.90 Å². The van der Waals surface area contributed by atoms with Crippen LogP contribution in [0.25, 0.3) is 0 Å². The molecule has 0 aliphatic rings. The van der Waals surface area contributed by atoms with Crippen LogP contribution in [0.1, 0.15) is 13.3 Å². The van der Waals surface area contributed by atoms with Crippen molar-refractivity contribution in [3.63, 3.8) is 0 Å². The number of rotatable bonds is 7. The number of likely N-dealkylation sites (N-methyl/N-ethyl adjacent to an activating group) is 1. The van der Waals surface area contributed by atoms with Crippen LogP contribution in [0.5, 0.6) is 5.75 Å². The van der Waals surface area contributed by atoms with Crippen molar-refractivity contribution in [2.45, 2.75) is 13.3 Å². The maximum absolute atomic E-state index is 11.9. The lowest BCUT2D eigenvalue weighted by atomic mass is 10.3. The summed E-state index contributed by atoms with van der Waals surface area (Å²) in [5.41, 5.74) is 0.441. The summed E-state index contributed by atoms with van der Waals surface area (Å²) in [5, 5.41) is 0. The third-order valence-corrected chi connectivity index (χ3v) is 3.92. The van der Waals surface area contributed by atoms with E-state index in [2.05, 4.69) is 0 Å². The third kappa shape index (κ3) is 5.26. The molecule has 6 nitrogen and oxygen atoms in total. The number of carbonyl (C=O) groups excluding carboxylic acids is 1. The number of nitrogens with zero attached hydrogens (tertiary/aromatic N) is 2. The fourth-order valence-electron chi connectivity index (χ4n) is 1.59. The fraction of sp³-hybridized carbons (Fsp3) is 0.500. The van der Waals surface area contributed by atoms with Gasteiger partial charge in [0.1, 0.15) is 12.3 Å². The van der Waals surface area contributed by atoms with Crippen molar-refractivity contribution in [1.82, 2.24) is 4.90 Å². The number of amides is 1. The molecule has 0 atom stereocenters. The molecule has 1 rings (SSSR count). The summed E-state index contributed by atoms with van der Waals surface area (Å²) in [6.07, 6.45) is 1.98. The summed E-state index contributed by atoms with van der Waals surface area (Å²) >= 11 is 0. The van der Waals surface area contributed by atoms with Gasteiger partial charge in [0.05, 0.1) is 18.6 Å². The zero-order valence-electron chi connectivity index (χ0n) is 12.9. The van der Waals surface area contributed by atoms with Crippen LogP contribution in [0, 0.1) is 0 Å². The molecule has 0 radical (unpaired) electrons. The number of hydrogen-bond donors (Lipinski definition) is 0. The SMILES string of the molecule is CCCOc1ccc(N(CC(=O)N(C)C)S(C)(=O)=O)cc1. The Morgan fingerprint density at radius 3 is 2.19 bits per heavy atom. The molecule has 0 bridgehead atoms. The Balaban J connectivity index is 2.97. The first-order valence-electron chi connectivity index (χ1n) is 6.66. The minimum absolute atomic E-state index is 0.221. The number of benzene rings is 1. The first-order valence-corrected chi connectivity index (χ1v) is 8.51. The maximum atomic E-state index is 11.9. The normalized spacial score (nSPS) is 11.0. The van der Waals surface area contributed by atoms with Crippen molar-refractivity contribution in [2.75, 3.05) is 37.8 Å². The Bertz CT molecular complexity index is 567. The number of sulfonamides is 1. The Labute approximate surface area is 126 Å². The topological polar surface area (TPSA) is 66.9 Å². The smallest absolute Gasteiger partial charge is 0.242 e. The molecule has 0 aliphatic heterocycles.